The average Bonchev–Trinajstić information content (AvgIpc) is 3.89. The predicted molar refractivity (Wildman–Crippen MR) is 185 cm³/mol. The van der Waals surface area contributed by atoms with Crippen LogP contribution in [0.25, 0.3) is 39.1 Å². The lowest BCUT2D eigenvalue weighted by atomic mass is 9.98. The van der Waals surface area contributed by atoms with Gasteiger partial charge in [-0.3, -0.25) is 24.7 Å². The Balaban J connectivity index is 0.964. The zero-order valence-corrected chi connectivity index (χ0v) is 28.1. The Morgan fingerprint density at radius 2 is 1.92 bits per heavy atom. The number of H-pyrrole nitrogens is 2. The molecule has 13 nitrogen and oxygen atoms in total. The lowest BCUT2D eigenvalue weighted by Crippen LogP contribution is -2.48. The number of aromatic nitrogens is 6. The number of amides is 2. The predicted octanol–water partition coefficient (Wildman–Crippen LogP) is 4.68. The fourth-order valence-corrected chi connectivity index (χ4v) is 6.51. The Morgan fingerprint density at radius 1 is 1.06 bits per heavy atom. The zero-order valence-electron chi connectivity index (χ0n) is 28.1. The maximum absolute atomic E-state index is 14.8. The second-order valence-electron chi connectivity index (χ2n) is 12.8. The van der Waals surface area contributed by atoms with Gasteiger partial charge in [0.2, 0.25) is 11.8 Å². The van der Waals surface area contributed by atoms with Crippen LogP contribution < -0.4 is 10.1 Å². The summed E-state index contributed by atoms with van der Waals surface area (Å²) in [5.41, 5.74) is 3.92. The van der Waals surface area contributed by atoms with Crippen LogP contribution in [0.1, 0.15) is 32.3 Å². The van der Waals surface area contributed by atoms with Crippen LogP contribution in [-0.4, -0.2) is 104 Å². The van der Waals surface area contributed by atoms with Gasteiger partial charge in [0, 0.05) is 62.2 Å². The Morgan fingerprint density at radius 3 is 2.62 bits per heavy atom. The molecule has 1 atom stereocenters. The quantitative estimate of drug-likeness (QED) is 0.191. The molecule has 14 heteroatoms. The van der Waals surface area contributed by atoms with E-state index in [0.29, 0.717) is 61.1 Å². The fraction of sp³-hybridized carbons (Fsp3) is 0.333. The SMILES string of the molecule is CO[C@@]1(C(=O)Nc2ccc3[nH]nc(-c4ccc(OC(C)C)nc4)c3c2)CCN(CC(=O)N2CC=C(c3ccc(-c4nc[nH]n4)c(F)c3)CC2)C1. The first-order chi connectivity index (χ1) is 24.2. The second-order valence-corrected chi connectivity index (χ2v) is 12.8. The summed E-state index contributed by atoms with van der Waals surface area (Å²) in [6.07, 6.45) is 6.16. The number of ether oxygens (including phenoxy) is 2. The van der Waals surface area contributed by atoms with E-state index in [4.69, 9.17) is 9.47 Å². The van der Waals surface area contributed by atoms with Gasteiger partial charge in [0.15, 0.2) is 11.4 Å². The molecule has 2 aliphatic rings. The summed E-state index contributed by atoms with van der Waals surface area (Å²) in [6.45, 7) is 5.81. The summed E-state index contributed by atoms with van der Waals surface area (Å²) in [7, 11) is 1.53. The largest absolute Gasteiger partial charge is 0.475 e. The molecule has 0 radical (unpaired) electrons. The minimum atomic E-state index is -1.11. The summed E-state index contributed by atoms with van der Waals surface area (Å²) in [4.78, 5) is 39.2. The van der Waals surface area contributed by atoms with E-state index < -0.39 is 11.4 Å². The smallest absolute Gasteiger partial charge is 0.258 e. The van der Waals surface area contributed by atoms with Crippen LogP contribution in [-0.2, 0) is 14.3 Å². The molecule has 258 valence electrons. The van der Waals surface area contributed by atoms with Gasteiger partial charge in [-0.2, -0.15) is 10.2 Å². The van der Waals surface area contributed by atoms with Crippen LogP contribution >= 0.6 is 0 Å². The number of anilines is 1. The van der Waals surface area contributed by atoms with Gasteiger partial charge in [0.25, 0.3) is 5.91 Å². The first-order valence-corrected chi connectivity index (χ1v) is 16.5. The van der Waals surface area contributed by atoms with E-state index in [9.17, 15) is 14.0 Å². The molecule has 0 spiro atoms. The Bertz CT molecular complexity index is 2040. The second kappa shape index (κ2) is 13.8. The maximum atomic E-state index is 14.8. The molecule has 0 unspecified atom stereocenters. The van der Waals surface area contributed by atoms with E-state index >= 15 is 0 Å². The number of nitrogens with zero attached hydrogens (tertiary/aromatic N) is 6. The van der Waals surface area contributed by atoms with Gasteiger partial charge in [-0.05, 0) is 74.2 Å². The molecule has 1 saturated heterocycles. The molecular formula is C36H38FN9O4. The lowest BCUT2D eigenvalue weighted by Gasteiger charge is -2.30. The van der Waals surface area contributed by atoms with Crippen molar-refractivity contribution in [1.29, 1.82) is 0 Å². The molecule has 0 aliphatic carbocycles. The van der Waals surface area contributed by atoms with Gasteiger partial charge < -0.3 is 19.7 Å². The summed E-state index contributed by atoms with van der Waals surface area (Å²) in [5.74, 6) is 0.136. The third kappa shape index (κ3) is 6.71. The number of rotatable bonds is 10. The van der Waals surface area contributed by atoms with Crippen molar-refractivity contribution in [3.05, 3.63) is 78.5 Å². The van der Waals surface area contributed by atoms with Crippen molar-refractivity contribution in [2.75, 3.05) is 45.2 Å². The number of carbonyl (C=O) groups excluding carboxylic acids is 2. The third-order valence-corrected chi connectivity index (χ3v) is 9.22. The highest BCUT2D eigenvalue weighted by Gasteiger charge is 2.45. The van der Waals surface area contributed by atoms with E-state index in [1.807, 2.05) is 61.2 Å². The molecular weight excluding hydrogens is 641 g/mol. The van der Waals surface area contributed by atoms with E-state index in [0.717, 1.165) is 27.6 Å². The van der Waals surface area contributed by atoms with Crippen LogP contribution in [0.4, 0.5) is 10.1 Å². The fourth-order valence-electron chi connectivity index (χ4n) is 6.51. The highest BCUT2D eigenvalue weighted by molar-refractivity contribution is 6.01. The molecule has 2 aliphatic heterocycles. The van der Waals surface area contributed by atoms with Crippen molar-refractivity contribution < 1.29 is 23.5 Å². The summed E-state index contributed by atoms with van der Waals surface area (Å²) >= 11 is 0. The lowest BCUT2D eigenvalue weighted by molar-refractivity contribution is -0.138. The van der Waals surface area contributed by atoms with Crippen molar-refractivity contribution in [2.45, 2.75) is 38.4 Å². The Labute approximate surface area is 287 Å². The number of fused-ring (bicyclic) bond motifs is 1. The summed E-state index contributed by atoms with van der Waals surface area (Å²) in [6, 6.07) is 14.3. The molecule has 3 N–H and O–H groups in total. The first-order valence-electron chi connectivity index (χ1n) is 16.5. The van der Waals surface area contributed by atoms with E-state index in [2.05, 4.69) is 35.7 Å². The molecule has 3 aromatic heterocycles. The van der Waals surface area contributed by atoms with Crippen molar-refractivity contribution in [3.8, 4) is 28.5 Å². The van der Waals surface area contributed by atoms with Gasteiger partial charge in [0.1, 0.15) is 17.8 Å². The minimum Gasteiger partial charge on any atom is -0.475 e. The number of aromatic amines is 2. The molecule has 0 bridgehead atoms. The highest BCUT2D eigenvalue weighted by atomic mass is 19.1. The number of halogens is 1. The first kappa shape index (κ1) is 33.0. The number of hydrogen-bond donors (Lipinski definition) is 3. The van der Waals surface area contributed by atoms with E-state index in [1.54, 1.807) is 17.2 Å². The number of hydrogen-bond acceptors (Lipinski definition) is 9. The molecule has 50 heavy (non-hydrogen) atoms. The molecule has 2 aromatic carbocycles. The van der Waals surface area contributed by atoms with Gasteiger partial charge >= 0.3 is 0 Å². The van der Waals surface area contributed by atoms with Gasteiger partial charge in [-0.1, -0.05) is 12.1 Å². The van der Waals surface area contributed by atoms with Crippen LogP contribution in [0.5, 0.6) is 5.88 Å². The molecule has 5 heterocycles. The molecule has 0 saturated carbocycles. The van der Waals surface area contributed by atoms with Crippen molar-refractivity contribution in [1.82, 2.24) is 40.2 Å². The zero-order chi connectivity index (χ0) is 34.8. The number of likely N-dealkylation sites (tertiary alicyclic amines) is 1. The maximum Gasteiger partial charge on any atom is 0.258 e. The van der Waals surface area contributed by atoms with E-state index in [1.165, 1.54) is 19.5 Å². The van der Waals surface area contributed by atoms with E-state index in [-0.39, 0.29) is 31.0 Å². The van der Waals surface area contributed by atoms with Gasteiger partial charge in [-0.15, -0.1) is 0 Å². The number of pyridine rings is 1. The topological polar surface area (TPSA) is 154 Å². The number of nitrogens with one attached hydrogen (secondary N) is 3. The van der Waals surface area contributed by atoms with Gasteiger partial charge in [-0.25, -0.2) is 14.4 Å². The van der Waals surface area contributed by atoms with Crippen LogP contribution in [0.2, 0.25) is 0 Å². The van der Waals surface area contributed by atoms with Crippen molar-refractivity contribution in [2.24, 2.45) is 0 Å². The van der Waals surface area contributed by atoms with Crippen molar-refractivity contribution >= 4 is 34.0 Å². The Kier molecular flexibility index (Phi) is 9.12. The molecule has 2 amide bonds. The van der Waals surface area contributed by atoms with Gasteiger partial charge in [0.05, 0.1) is 23.7 Å². The van der Waals surface area contributed by atoms with Crippen LogP contribution in [0, 0.1) is 5.82 Å². The summed E-state index contributed by atoms with van der Waals surface area (Å²) < 4.78 is 26.3. The normalized spacial score (nSPS) is 18.1. The average molecular weight is 680 g/mol. The number of carbonyl (C=O) groups is 2. The minimum absolute atomic E-state index is 0.0195. The van der Waals surface area contributed by atoms with Crippen LogP contribution in [0.15, 0.2) is 67.1 Å². The molecule has 5 aromatic rings. The third-order valence-electron chi connectivity index (χ3n) is 9.22. The molecule has 1 fully saturated rings. The monoisotopic (exact) mass is 679 g/mol. The standard InChI is InChI=1S/C36H38FN9O4/c1-22(2)50-31-9-5-25(18-38-31)33-28-17-26(6-8-30(28)42-43-33)41-35(48)36(49-3)12-15-45(20-36)19-32(47)46-13-10-23(11-14-46)24-4-7-27(29(37)16-24)34-39-21-40-44-34/h4-10,16-18,21-22H,11-15,19-20H2,1-3H3,(H,41,48)(H,42,43)(H,39,40,44)/t36-/m0/s1. The number of benzene rings is 2. The van der Waals surface area contributed by atoms with Crippen molar-refractivity contribution in [3.63, 3.8) is 0 Å². The Hall–Kier alpha value is -5.47. The summed E-state index contributed by atoms with van der Waals surface area (Å²) in [5, 5.41) is 18.0. The molecule has 7 rings (SSSR count). The van der Waals surface area contributed by atoms with Crippen LogP contribution in [0.3, 0.4) is 0 Å². The highest BCUT2D eigenvalue weighted by Crippen LogP contribution is 2.32. The number of methoxy groups -OCH3 is 1.